The van der Waals surface area contributed by atoms with Gasteiger partial charge in [-0.25, -0.2) is 9.18 Å². The van der Waals surface area contributed by atoms with Crippen LogP contribution in [0.2, 0.25) is 0 Å². The molecule has 0 fully saturated rings. The molecule has 7 heteroatoms. The second-order valence-corrected chi connectivity index (χ2v) is 5.58. The summed E-state index contributed by atoms with van der Waals surface area (Å²) in [6.07, 6.45) is 0.843. The fourth-order valence-corrected chi connectivity index (χ4v) is 2.21. The molecule has 0 heterocycles. The van der Waals surface area contributed by atoms with Crippen LogP contribution < -0.4 is 14.8 Å². The van der Waals surface area contributed by atoms with E-state index in [0.29, 0.717) is 24.7 Å². The zero-order chi connectivity index (χ0) is 19.6. The molecule has 1 amide bonds. The lowest BCUT2D eigenvalue weighted by atomic mass is 10.2. The van der Waals surface area contributed by atoms with Crippen molar-refractivity contribution < 1.29 is 28.2 Å². The van der Waals surface area contributed by atoms with Gasteiger partial charge in [-0.3, -0.25) is 4.79 Å². The summed E-state index contributed by atoms with van der Waals surface area (Å²) in [7, 11) is 0. The van der Waals surface area contributed by atoms with Gasteiger partial charge in [-0.1, -0.05) is 13.0 Å². The summed E-state index contributed by atoms with van der Waals surface area (Å²) in [5.41, 5.74) is 0.521. The Kier molecular flexibility index (Phi) is 7.61. The minimum atomic E-state index is -0.674. The van der Waals surface area contributed by atoms with Gasteiger partial charge in [0.15, 0.2) is 18.1 Å². The molecule has 0 aromatic heterocycles. The van der Waals surface area contributed by atoms with Crippen LogP contribution in [0.5, 0.6) is 11.5 Å². The normalized spacial score (nSPS) is 10.2. The number of anilines is 1. The first-order chi connectivity index (χ1) is 13.0. The first kappa shape index (κ1) is 20.2. The van der Waals surface area contributed by atoms with Crippen molar-refractivity contribution in [3.8, 4) is 11.5 Å². The maximum absolute atomic E-state index is 13.1. The molecule has 2 aromatic rings. The van der Waals surface area contributed by atoms with Crippen LogP contribution in [0.25, 0.3) is 0 Å². The maximum Gasteiger partial charge on any atom is 0.338 e. The standard InChI is InChI=1S/C20H22FNO5/c1-3-10-26-17-9-8-14(11-18(17)25-4-2)20(24)27-13-19(23)22-16-7-5-6-15(21)12-16/h5-9,11-12H,3-4,10,13H2,1-2H3,(H,22,23). The molecule has 0 aliphatic carbocycles. The molecule has 6 nitrogen and oxygen atoms in total. The van der Waals surface area contributed by atoms with Crippen LogP contribution in [-0.4, -0.2) is 31.7 Å². The van der Waals surface area contributed by atoms with Gasteiger partial charge in [0.05, 0.1) is 18.8 Å². The van der Waals surface area contributed by atoms with Crippen LogP contribution in [0.15, 0.2) is 42.5 Å². The lowest BCUT2D eigenvalue weighted by Gasteiger charge is -2.13. The van der Waals surface area contributed by atoms with Crippen LogP contribution in [0.4, 0.5) is 10.1 Å². The van der Waals surface area contributed by atoms with Crippen molar-refractivity contribution in [2.75, 3.05) is 25.1 Å². The lowest BCUT2D eigenvalue weighted by Crippen LogP contribution is -2.21. The topological polar surface area (TPSA) is 73.9 Å². The minimum Gasteiger partial charge on any atom is -0.490 e. The van der Waals surface area contributed by atoms with Crippen molar-refractivity contribution in [3.05, 3.63) is 53.8 Å². The lowest BCUT2D eigenvalue weighted by molar-refractivity contribution is -0.119. The van der Waals surface area contributed by atoms with E-state index in [4.69, 9.17) is 14.2 Å². The number of rotatable bonds is 9. The Morgan fingerprint density at radius 3 is 2.56 bits per heavy atom. The number of esters is 1. The van der Waals surface area contributed by atoms with Crippen LogP contribution in [0, 0.1) is 5.82 Å². The number of benzene rings is 2. The van der Waals surface area contributed by atoms with E-state index in [0.717, 1.165) is 6.42 Å². The number of hydrogen-bond donors (Lipinski definition) is 1. The molecule has 27 heavy (non-hydrogen) atoms. The highest BCUT2D eigenvalue weighted by atomic mass is 19.1. The Bertz CT molecular complexity index is 794. The summed E-state index contributed by atoms with van der Waals surface area (Å²) in [5.74, 6) is -0.739. The van der Waals surface area contributed by atoms with Crippen LogP contribution in [-0.2, 0) is 9.53 Å². The largest absolute Gasteiger partial charge is 0.490 e. The maximum atomic E-state index is 13.1. The predicted molar refractivity (Wildman–Crippen MR) is 98.7 cm³/mol. The molecular formula is C20H22FNO5. The van der Waals surface area contributed by atoms with E-state index in [9.17, 15) is 14.0 Å². The molecule has 1 N–H and O–H groups in total. The molecule has 2 rings (SSSR count). The highest BCUT2D eigenvalue weighted by Gasteiger charge is 2.14. The van der Waals surface area contributed by atoms with Crippen molar-refractivity contribution >= 4 is 17.6 Å². The predicted octanol–water partition coefficient (Wildman–Crippen LogP) is 3.81. The Morgan fingerprint density at radius 1 is 1.04 bits per heavy atom. The number of amides is 1. The SMILES string of the molecule is CCCOc1ccc(C(=O)OCC(=O)Nc2cccc(F)c2)cc1OCC. The van der Waals surface area contributed by atoms with E-state index in [1.54, 1.807) is 12.1 Å². The Labute approximate surface area is 157 Å². The first-order valence-electron chi connectivity index (χ1n) is 8.65. The zero-order valence-electron chi connectivity index (χ0n) is 15.3. The van der Waals surface area contributed by atoms with Crippen molar-refractivity contribution in [3.63, 3.8) is 0 Å². The second-order valence-electron chi connectivity index (χ2n) is 5.58. The third kappa shape index (κ3) is 6.29. The van der Waals surface area contributed by atoms with Gasteiger partial charge in [0, 0.05) is 5.69 Å². The zero-order valence-corrected chi connectivity index (χ0v) is 15.3. The number of carbonyl (C=O) groups is 2. The number of nitrogens with one attached hydrogen (secondary N) is 1. The van der Waals surface area contributed by atoms with Crippen LogP contribution in [0.3, 0.4) is 0 Å². The molecule has 144 valence electrons. The molecule has 0 unspecified atom stereocenters. The average molecular weight is 375 g/mol. The molecule has 0 saturated carbocycles. The fraction of sp³-hybridized carbons (Fsp3) is 0.300. The Morgan fingerprint density at radius 2 is 1.85 bits per heavy atom. The summed E-state index contributed by atoms with van der Waals surface area (Å²) in [4.78, 5) is 24.0. The minimum absolute atomic E-state index is 0.237. The van der Waals surface area contributed by atoms with Crippen molar-refractivity contribution in [1.82, 2.24) is 0 Å². The Hall–Kier alpha value is -3.09. The molecular weight excluding hydrogens is 353 g/mol. The van der Waals surface area contributed by atoms with E-state index >= 15 is 0 Å². The molecule has 0 aliphatic heterocycles. The van der Waals surface area contributed by atoms with Gasteiger partial charge in [-0.15, -0.1) is 0 Å². The molecule has 0 saturated heterocycles. The average Bonchev–Trinajstić information content (AvgIpc) is 2.65. The Balaban J connectivity index is 1.96. The summed E-state index contributed by atoms with van der Waals surface area (Å²) < 4.78 is 29.2. The van der Waals surface area contributed by atoms with Crippen molar-refractivity contribution in [2.24, 2.45) is 0 Å². The molecule has 2 aromatic carbocycles. The van der Waals surface area contributed by atoms with E-state index in [1.165, 1.54) is 30.3 Å². The van der Waals surface area contributed by atoms with E-state index in [1.807, 2.05) is 13.8 Å². The number of carbonyl (C=O) groups excluding carboxylic acids is 2. The number of ether oxygens (including phenoxy) is 3. The van der Waals surface area contributed by atoms with Crippen molar-refractivity contribution in [1.29, 1.82) is 0 Å². The molecule has 0 radical (unpaired) electrons. The van der Waals surface area contributed by atoms with Gasteiger partial charge < -0.3 is 19.5 Å². The van der Waals surface area contributed by atoms with Crippen molar-refractivity contribution in [2.45, 2.75) is 20.3 Å². The number of halogens is 1. The van der Waals surface area contributed by atoms with E-state index in [-0.39, 0.29) is 11.3 Å². The number of hydrogen-bond acceptors (Lipinski definition) is 5. The first-order valence-corrected chi connectivity index (χ1v) is 8.65. The van der Waals surface area contributed by atoms with Gasteiger partial charge in [0.25, 0.3) is 5.91 Å². The van der Waals surface area contributed by atoms with E-state index in [2.05, 4.69) is 5.32 Å². The van der Waals surface area contributed by atoms with Gasteiger partial charge >= 0.3 is 5.97 Å². The third-order valence-corrected chi connectivity index (χ3v) is 3.38. The van der Waals surface area contributed by atoms with Gasteiger partial charge in [0.2, 0.25) is 0 Å². The second kappa shape index (κ2) is 10.2. The summed E-state index contributed by atoms with van der Waals surface area (Å²) in [5, 5.41) is 2.45. The molecule has 0 bridgehead atoms. The quantitative estimate of drug-likeness (QED) is 0.675. The fourth-order valence-electron chi connectivity index (χ4n) is 2.21. The van der Waals surface area contributed by atoms with Crippen LogP contribution in [0.1, 0.15) is 30.6 Å². The highest BCUT2D eigenvalue weighted by Crippen LogP contribution is 2.29. The van der Waals surface area contributed by atoms with Gasteiger partial charge in [-0.2, -0.15) is 0 Å². The summed E-state index contributed by atoms with van der Waals surface area (Å²) in [6, 6.07) is 10.1. The third-order valence-electron chi connectivity index (χ3n) is 3.38. The molecule has 0 spiro atoms. The van der Waals surface area contributed by atoms with Gasteiger partial charge in [0.1, 0.15) is 5.82 Å². The monoisotopic (exact) mass is 375 g/mol. The smallest absolute Gasteiger partial charge is 0.338 e. The molecule has 0 atom stereocenters. The molecule has 0 aliphatic rings. The summed E-state index contributed by atoms with van der Waals surface area (Å²) in [6.45, 7) is 4.26. The van der Waals surface area contributed by atoms with Crippen LogP contribution >= 0.6 is 0 Å². The summed E-state index contributed by atoms with van der Waals surface area (Å²) >= 11 is 0. The van der Waals surface area contributed by atoms with E-state index < -0.39 is 24.3 Å². The highest BCUT2D eigenvalue weighted by molar-refractivity contribution is 5.95. The van der Waals surface area contributed by atoms with Gasteiger partial charge in [-0.05, 0) is 49.7 Å².